The van der Waals surface area contributed by atoms with Crippen LogP contribution in [0.1, 0.15) is 5.56 Å². The zero-order valence-electron chi connectivity index (χ0n) is 15.7. The molecule has 1 aliphatic heterocycles. The molecule has 0 saturated carbocycles. The largest absolute Gasteiger partial charge is 0.379 e. The SMILES string of the molecule is Cc1ccc(Nc2nc(NCCN3CCOCC3)nc3nccnc23)cc1Cl. The Labute approximate surface area is 168 Å². The van der Waals surface area contributed by atoms with Crippen LogP contribution in [0.4, 0.5) is 17.5 Å². The Morgan fingerprint density at radius 3 is 2.79 bits per heavy atom. The highest BCUT2D eigenvalue weighted by atomic mass is 35.5. The van der Waals surface area contributed by atoms with Gasteiger partial charge in [0.25, 0.3) is 0 Å². The van der Waals surface area contributed by atoms with Gasteiger partial charge in [-0.3, -0.25) is 4.90 Å². The maximum atomic E-state index is 6.25. The molecule has 0 aliphatic carbocycles. The van der Waals surface area contributed by atoms with Gasteiger partial charge in [-0.25, -0.2) is 9.97 Å². The molecule has 4 rings (SSSR count). The van der Waals surface area contributed by atoms with E-state index in [9.17, 15) is 0 Å². The van der Waals surface area contributed by atoms with E-state index in [1.165, 1.54) is 0 Å². The van der Waals surface area contributed by atoms with E-state index < -0.39 is 0 Å². The number of nitrogens with one attached hydrogen (secondary N) is 2. The highest BCUT2D eigenvalue weighted by Gasteiger charge is 2.12. The summed E-state index contributed by atoms with van der Waals surface area (Å²) in [6, 6.07) is 5.78. The predicted molar refractivity (Wildman–Crippen MR) is 110 cm³/mol. The monoisotopic (exact) mass is 399 g/mol. The zero-order valence-corrected chi connectivity index (χ0v) is 16.4. The third kappa shape index (κ3) is 4.46. The Bertz CT molecular complexity index is 962. The molecule has 28 heavy (non-hydrogen) atoms. The lowest BCUT2D eigenvalue weighted by Crippen LogP contribution is -2.39. The summed E-state index contributed by atoms with van der Waals surface area (Å²) in [6.07, 6.45) is 3.25. The van der Waals surface area contributed by atoms with Gasteiger partial charge < -0.3 is 15.4 Å². The van der Waals surface area contributed by atoms with Crippen LogP contribution in [0.2, 0.25) is 5.02 Å². The standard InChI is InChI=1S/C19H22ClN7O/c1-13-2-3-14(12-15(13)20)24-18-16-17(22-5-4-21-16)25-19(26-18)23-6-7-27-8-10-28-11-9-27/h2-5,12H,6-11H2,1H3,(H2,22,23,24,25,26). The summed E-state index contributed by atoms with van der Waals surface area (Å²) < 4.78 is 5.38. The summed E-state index contributed by atoms with van der Waals surface area (Å²) >= 11 is 6.25. The van der Waals surface area contributed by atoms with Gasteiger partial charge in [-0.05, 0) is 24.6 Å². The molecule has 0 unspecified atom stereocenters. The molecule has 1 aliphatic rings. The van der Waals surface area contributed by atoms with Crippen molar-refractivity contribution in [3.05, 3.63) is 41.2 Å². The number of ether oxygens (including phenoxy) is 1. The van der Waals surface area contributed by atoms with E-state index in [4.69, 9.17) is 16.3 Å². The summed E-state index contributed by atoms with van der Waals surface area (Å²) in [7, 11) is 0. The number of fused-ring (bicyclic) bond motifs is 1. The van der Waals surface area contributed by atoms with Gasteiger partial charge in [0.15, 0.2) is 17.0 Å². The Kier molecular flexibility index (Phi) is 5.80. The zero-order chi connectivity index (χ0) is 19.3. The number of anilines is 3. The normalized spacial score (nSPS) is 14.9. The van der Waals surface area contributed by atoms with Crippen LogP contribution in [-0.4, -0.2) is 64.2 Å². The Hall–Kier alpha value is -2.55. The molecule has 0 radical (unpaired) electrons. The highest BCUT2D eigenvalue weighted by Crippen LogP contribution is 2.25. The third-order valence-electron chi connectivity index (χ3n) is 4.58. The fourth-order valence-electron chi connectivity index (χ4n) is 2.99. The highest BCUT2D eigenvalue weighted by molar-refractivity contribution is 6.31. The molecular weight excluding hydrogens is 378 g/mol. The predicted octanol–water partition coefficient (Wildman–Crippen LogP) is 2.87. The molecule has 1 fully saturated rings. The number of aryl methyl sites for hydroxylation is 1. The van der Waals surface area contributed by atoms with Gasteiger partial charge in [0.05, 0.1) is 13.2 Å². The van der Waals surface area contributed by atoms with Crippen molar-refractivity contribution < 1.29 is 4.74 Å². The lowest BCUT2D eigenvalue weighted by molar-refractivity contribution is 0.0398. The van der Waals surface area contributed by atoms with Crippen LogP contribution in [0, 0.1) is 6.92 Å². The van der Waals surface area contributed by atoms with Gasteiger partial charge in [0.2, 0.25) is 5.95 Å². The fraction of sp³-hybridized carbons (Fsp3) is 0.368. The van der Waals surface area contributed by atoms with Crippen LogP contribution in [0.25, 0.3) is 11.2 Å². The topological polar surface area (TPSA) is 88.1 Å². The number of benzene rings is 1. The quantitative estimate of drug-likeness (QED) is 0.654. The fourth-order valence-corrected chi connectivity index (χ4v) is 3.17. The summed E-state index contributed by atoms with van der Waals surface area (Å²) in [6.45, 7) is 7.08. The van der Waals surface area contributed by atoms with Gasteiger partial charge >= 0.3 is 0 Å². The molecular formula is C19H22ClN7O. The molecule has 3 aromatic rings. The summed E-state index contributed by atoms with van der Waals surface area (Å²) in [5.74, 6) is 1.11. The van der Waals surface area contributed by atoms with Crippen molar-refractivity contribution in [1.82, 2.24) is 24.8 Å². The van der Waals surface area contributed by atoms with E-state index in [2.05, 4.69) is 35.5 Å². The van der Waals surface area contributed by atoms with Gasteiger partial charge in [-0.15, -0.1) is 0 Å². The minimum Gasteiger partial charge on any atom is -0.379 e. The second kappa shape index (κ2) is 8.64. The van der Waals surface area contributed by atoms with Crippen molar-refractivity contribution in [2.45, 2.75) is 6.92 Å². The Morgan fingerprint density at radius 2 is 1.96 bits per heavy atom. The minimum atomic E-state index is 0.516. The van der Waals surface area contributed by atoms with Crippen molar-refractivity contribution in [2.75, 3.05) is 50.0 Å². The van der Waals surface area contributed by atoms with Gasteiger partial charge in [-0.2, -0.15) is 9.97 Å². The second-order valence-electron chi connectivity index (χ2n) is 6.59. The van der Waals surface area contributed by atoms with Crippen LogP contribution in [0.15, 0.2) is 30.6 Å². The second-order valence-corrected chi connectivity index (χ2v) is 7.00. The van der Waals surface area contributed by atoms with E-state index in [1.807, 2.05) is 25.1 Å². The first kappa shape index (κ1) is 18.8. The number of hydrogen-bond acceptors (Lipinski definition) is 8. The van der Waals surface area contributed by atoms with E-state index in [-0.39, 0.29) is 0 Å². The lowest BCUT2D eigenvalue weighted by atomic mass is 10.2. The molecule has 146 valence electrons. The van der Waals surface area contributed by atoms with Crippen LogP contribution < -0.4 is 10.6 Å². The molecule has 1 aromatic carbocycles. The van der Waals surface area contributed by atoms with Crippen molar-refractivity contribution in [3.8, 4) is 0 Å². The van der Waals surface area contributed by atoms with Gasteiger partial charge in [-0.1, -0.05) is 17.7 Å². The molecule has 8 nitrogen and oxygen atoms in total. The maximum Gasteiger partial charge on any atom is 0.226 e. The Morgan fingerprint density at radius 1 is 1.14 bits per heavy atom. The van der Waals surface area contributed by atoms with Crippen LogP contribution >= 0.6 is 11.6 Å². The van der Waals surface area contributed by atoms with E-state index in [1.54, 1.807) is 12.4 Å². The first-order valence-corrected chi connectivity index (χ1v) is 9.63. The van der Waals surface area contributed by atoms with Crippen LogP contribution in [-0.2, 0) is 4.74 Å². The number of hydrogen-bond donors (Lipinski definition) is 2. The van der Waals surface area contributed by atoms with Gasteiger partial charge in [0.1, 0.15) is 0 Å². The van der Waals surface area contributed by atoms with Crippen LogP contribution in [0.3, 0.4) is 0 Å². The molecule has 0 bridgehead atoms. The average Bonchev–Trinajstić information content (AvgIpc) is 2.72. The average molecular weight is 400 g/mol. The number of nitrogens with zero attached hydrogens (tertiary/aromatic N) is 5. The van der Waals surface area contributed by atoms with Crippen molar-refractivity contribution in [2.24, 2.45) is 0 Å². The lowest BCUT2D eigenvalue weighted by Gasteiger charge is -2.26. The maximum absolute atomic E-state index is 6.25. The van der Waals surface area contributed by atoms with E-state index >= 15 is 0 Å². The summed E-state index contributed by atoms with van der Waals surface area (Å²) in [5.41, 5.74) is 3.00. The number of halogens is 1. The molecule has 0 amide bonds. The van der Waals surface area contributed by atoms with Crippen molar-refractivity contribution in [1.29, 1.82) is 0 Å². The molecule has 2 N–H and O–H groups in total. The minimum absolute atomic E-state index is 0.516. The van der Waals surface area contributed by atoms with E-state index in [0.29, 0.717) is 28.0 Å². The molecule has 0 atom stereocenters. The smallest absolute Gasteiger partial charge is 0.226 e. The number of rotatable bonds is 6. The first-order chi connectivity index (χ1) is 13.7. The summed E-state index contributed by atoms with van der Waals surface area (Å²) in [5, 5.41) is 7.28. The Balaban J connectivity index is 1.53. The van der Waals surface area contributed by atoms with Crippen LogP contribution in [0.5, 0.6) is 0 Å². The van der Waals surface area contributed by atoms with Crippen molar-refractivity contribution in [3.63, 3.8) is 0 Å². The first-order valence-electron chi connectivity index (χ1n) is 9.25. The van der Waals surface area contributed by atoms with Crippen molar-refractivity contribution >= 4 is 40.2 Å². The third-order valence-corrected chi connectivity index (χ3v) is 4.99. The van der Waals surface area contributed by atoms with Gasteiger partial charge in [0, 0.05) is 49.3 Å². The molecule has 3 heterocycles. The number of aromatic nitrogens is 4. The molecule has 9 heteroatoms. The molecule has 0 spiro atoms. The number of morpholine rings is 1. The summed E-state index contributed by atoms with van der Waals surface area (Å²) in [4.78, 5) is 20.2. The molecule has 2 aromatic heterocycles. The van der Waals surface area contributed by atoms with E-state index in [0.717, 1.165) is 50.6 Å². The molecule has 1 saturated heterocycles.